The topological polar surface area (TPSA) is 28.5 Å². The molecule has 0 fully saturated rings. The number of fused-ring (bicyclic) bond motifs is 2. The van der Waals surface area contributed by atoms with Gasteiger partial charge >= 0.3 is 0 Å². The van der Waals surface area contributed by atoms with Crippen LogP contribution in [0, 0.1) is 0 Å². The Labute approximate surface area is 315 Å². The zero-order chi connectivity index (χ0) is 36.6. The molecule has 0 saturated carbocycles. The normalized spacial score (nSPS) is 13.9. The highest BCUT2D eigenvalue weighted by Crippen LogP contribution is 2.50. The molecule has 256 valence electrons. The highest BCUT2D eigenvalue weighted by molar-refractivity contribution is 6.28. The Morgan fingerprint density at radius 2 is 1.15 bits per heavy atom. The summed E-state index contributed by atoms with van der Waals surface area (Å²) in [6.07, 6.45) is 3.73. The van der Waals surface area contributed by atoms with Gasteiger partial charge in [0.25, 0.3) is 0 Å². The molecule has 0 spiro atoms. The second kappa shape index (κ2) is 12.1. The standard InChI is InChI=1S/C51H37N3/c1-5-44-50(52-4)54(47-17-11-12-30-53-47)46-29-22-35(31-45(46)51(44,2)3)37-27-28-40(39-16-10-9-15-38(37)39)41-24-19-34-20-25-42-36(32-13-7-6-8-14-32)23-18-33-21-26-43(41)49(34)48(33)42/h5-31H,1,4H2,2-3H3. The second-order valence-corrected chi connectivity index (χ2v) is 14.7. The van der Waals surface area contributed by atoms with Crippen molar-refractivity contribution < 1.29 is 0 Å². The van der Waals surface area contributed by atoms with Crippen LogP contribution in [0.3, 0.4) is 0 Å². The Morgan fingerprint density at radius 1 is 0.574 bits per heavy atom. The van der Waals surface area contributed by atoms with Crippen LogP contribution in [0.1, 0.15) is 19.4 Å². The number of hydrogen-bond donors (Lipinski definition) is 0. The number of pyridine rings is 1. The maximum Gasteiger partial charge on any atom is 0.142 e. The van der Waals surface area contributed by atoms with E-state index in [4.69, 9.17) is 4.98 Å². The van der Waals surface area contributed by atoms with Gasteiger partial charge in [-0.3, -0.25) is 4.90 Å². The van der Waals surface area contributed by atoms with Crippen LogP contribution in [0.25, 0.3) is 76.5 Å². The molecule has 0 unspecified atom stereocenters. The average Bonchev–Trinajstić information content (AvgIpc) is 3.22. The molecule has 9 aromatic rings. The molecular weight excluding hydrogens is 655 g/mol. The molecule has 0 aliphatic carbocycles. The van der Waals surface area contributed by atoms with Gasteiger partial charge in [0.1, 0.15) is 11.6 Å². The third kappa shape index (κ3) is 4.61. The van der Waals surface area contributed by atoms with Crippen molar-refractivity contribution in [3.63, 3.8) is 0 Å². The van der Waals surface area contributed by atoms with Crippen LogP contribution >= 0.6 is 0 Å². The quantitative estimate of drug-likeness (QED) is 0.128. The lowest BCUT2D eigenvalue weighted by molar-refractivity contribution is 0.616. The molecule has 0 N–H and O–H groups in total. The van der Waals surface area contributed by atoms with Crippen molar-refractivity contribution in [1.82, 2.24) is 4.98 Å². The Balaban J connectivity index is 1.16. The summed E-state index contributed by atoms with van der Waals surface area (Å²) >= 11 is 0. The largest absolute Gasteiger partial charge is 0.278 e. The third-order valence-electron chi connectivity index (χ3n) is 11.5. The molecule has 8 aromatic carbocycles. The van der Waals surface area contributed by atoms with Gasteiger partial charge in [-0.2, -0.15) is 0 Å². The average molecular weight is 692 g/mol. The van der Waals surface area contributed by atoms with Crippen LogP contribution in [0.2, 0.25) is 0 Å². The number of hydrogen-bond acceptors (Lipinski definition) is 3. The molecular formula is C51H37N3. The van der Waals surface area contributed by atoms with E-state index in [9.17, 15) is 0 Å². The maximum atomic E-state index is 4.71. The van der Waals surface area contributed by atoms with Crippen molar-refractivity contribution in [3.05, 3.63) is 187 Å². The summed E-state index contributed by atoms with van der Waals surface area (Å²) in [5.41, 5.74) is 10.2. The molecule has 1 aliphatic rings. The Morgan fingerprint density at radius 3 is 1.83 bits per heavy atom. The Bertz CT molecular complexity index is 2990. The van der Waals surface area contributed by atoms with Crippen molar-refractivity contribution in [2.45, 2.75) is 19.3 Å². The van der Waals surface area contributed by atoms with Gasteiger partial charge in [-0.25, -0.2) is 9.98 Å². The summed E-state index contributed by atoms with van der Waals surface area (Å²) in [4.78, 5) is 11.3. The van der Waals surface area contributed by atoms with Crippen LogP contribution in [0.5, 0.6) is 0 Å². The Hall–Kier alpha value is -6.84. The summed E-state index contributed by atoms with van der Waals surface area (Å²) in [5, 5.41) is 10.2. The number of anilines is 2. The summed E-state index contributed by atoms with van der Waals surface area (Å²) in [7, 11) is 0. The number of nitrogens with zero attached hydrogens (tertiary/aromatic N) is 3. The van der Waals surface area contributed by atoms with E-state index < -0.39 is 0 Å². The first-order valence-corrected chi connectivity index (χ1v) is 18.5. The molecule has 0 bridgehead atoms. The van der Waals surface area contributed by atoms with E-state index in [0.29, 0.717) is 0 Å². The van der Waals surface area contributed by atoms with Gasteiger partial charge < -0.3 is 0 Å². The van der Waals surface area contributed by atoms with Gasteiger partial charge in [-0.1, -0.05) is 154 Å². The van der Waals surface area contributed by atoms with Gasteiger partial charge in [0.15, 0.2) is 0 Å². The van der Waals surface area contributed by atoms with Gasteiger partial charge in [0, 0.05) is 17.2 Å². The number of rotatable bonds is 6. The molecule has 1 aliphatic heterocycles. The second-order valence-electron chi connectivity index (χ2n) is 14.7. The fourth-order valence-corrected chi connectivity index (χ4v) is 8.97. The minimum absolute atomic E-state index is 0.368. The summed E-state index contributed by atoms with van der Waals surface area (Å²) in [5.74, 6) is 1.55. The first-order valence-electron chi connectivity index (χ1n) is 18.5. The smallest absolute Gasteiger partial charge is 0.142 e. The molecule has 10 rings (SSSR count). The number of benzene rings is 8. The van der Waals surface area contributed by atoms with E-state index >= 15 is 0 Å². The number of allylic oxidation sites excluding steroid dienone is 2. The molecule has 3 nitrogen and oxygen atoms in total. The fourth-order valence-electron chi connectivity index (χ4n) is 8.97. The predicted molar refractivity (Wildman–Crippen MR) is 230 cm³/mol. The van der Waals surface area contributed by atoms with Crippen LogP contribution in [-0.4, -0.2) is 11.7 Å². The van der Waals surface area contributed by atoms with Crippen LogP contribution in [0.15, 0.2) is 187 Å². The first kappa shape index (κ1) is 31.9. The van der Waals surface area contributed by atoms with E-state index in [2.05, 4.69) is 170 Å². The highest BCUT2D eigenvalue weighted by Gasteiger charge is 2.38. The van der Waals surface area contributed by atoms with E-state index in [0.717, 1.165) is 28.5 Å². The van der Waals surface area contributed by atoms with Crippen molar-refractivity contribution in [2.24, 2.45) is 4.99 Å². The molecule has 1 aromatic heterocycles. The van der Waals surface area contributed by atoms with Gasteiger partial charge in [-0.15, -0.1) is 0 Å². The van der Waals surface area contributed by atoms with Crippen LogP contribution in [0.4, 0.5) is 11.5 Å². The predicted octanol–water partition coefficient (Wildman–Crippen LogP) is 13.7. The lowest BCUT2D eigenvalue weighted by atomic mass is 9.73. The van der Waals surface area contributed by atoms with E-state index in [1.165, 1.54) is 76.5 Å². The van der Waals surface area contributed by atoms with Gasteiger partial charge in [0.05, 0.1) is 5.69 Å². The third-order valence-corrected chi connectivity index (χ3v) is 11.5. The van der Waals surface area contributed by atoms with Gasteiger partial charge in [-0.05, 0) is 113 Å². The van der Waals surface area contributed by atoms with E-state index in [-0.39, 0.29) is 5.41 Å². The van der Waals surface area contributed by atoms with Gasteiger partial charge in [0.2, 0.25) is 0 Å². The minimum Gasteiger partial charge on any atom is -0.278 e. The first-order chi connectivity index (χ1) is 26.5. The zero-order valence-electron chi connectivity index (χ0n) is 30.3. The van der Waals surface area contributed by atoms with Crippen molar-refractivity contribution >= 4 is 61.3 Å². The van der Waals surface area contributed by atoms with Crippen LogP contribution in [-0.2, 0) is 5.41 Å². The van der Waals surface area contributed by atoms with E-state index in [1.54, 1.807) is 0 Å². The van der Waals surface area contributed by atoms with Crippen molar-refractivity contribution in [2.75, 3.05) is 4.90 Å². The van der Waals surface area contributed by atoms with E-state index in [1.807, 2.05) is 30.5 Å². The number of aliphatic imine (C=N–C) groups is 1. The lowest BCUT2D eigenvalue weighted by Crippen LogP contribution is -2.33. The molecule has 0 amide bonds. The molecule has 0 saturated heterocycles. The molecule has 54 heavy (non-hydrogen) atoms. The lowest BCUT2D eigenvalue weighted by Gasteiger charge is -2.41. The molecule has 0 atom stereocenters. The summed E-state index contributed by atoms with van der Waals surface area (Å²) < 4.78 is 0. The van der Waals surface area contributed by atoms with Crippen molar-refractivity contribution in [1.29, 1.82) is 0 Å². The SMILES string of the molecule is C=CC1=C(N=C)N(c2ccccn2)c2ccc(-c3ccc(-c4ccc5ccc6c(-c7ccccc7)ccc7ccc4c5c76)c4ccccc34)cc2C1(C)C. The highest BCUT2D eigenvalue weighted by atomic mass is 15.3. The molecule has 3 heteroatoms. The fraction of sp³-hybridized carbons (Fsp3) is 0.0588. The summed E-state index contributed by atoms with van der Waals surface area (Å²) in [6.45, 7) is 12.7. The maximum absolute atomic E-state index is 4.71. The summed E-state index contributed by atoms with van der Waals surface area (Å²) in [6, 6.07) is 55.3. The molecule has 0 radical (unpaired) electrons. The van der Waals surface area contributed by atoms with Crippen LogP contribution < -0.4 is 4.90 Å². The monoisotopic (exact) mass is 691 g/mol. The number of aromatic nitrogens is 1. The minimum atomic E-state index is -0.368. The zero-order valence-corrected chi connectivity index (χ0v) is 30.3. The molecule has 2 heterocycles. The Kier molecular flexibility index (Phi) is 7.15. The van der Waals surface area contributed by atoms with Crippen molar-refractivity contribution in [3.8, 4) is 33.4 Å².